The molecule has 0 atom stereocenters. The maximum absolute atomic E-state index is 13.1. The highest BCUT2D eigenvalue weighted by atomic mass is 32.1. The van der Waals surface area contributed by atoms with Crippen molar-refractivity contribution in [2.45, 2.75) is 6.42 Å². The van der Waals surface area contributed by atoms with Crippen LogP contribution in [0.4, 0.5) is 4.39 Å². The summed E-state index contributed by atoms with van der Waals surface area (Å²) < 4.78 is 13.1. The molecule has 0 bridgehead atoms. The number of carboxylic acids is 1. The predicted molar refractivity (Wildman–Crippen MR) is 74.0 cm³/mol. The molecule has 21 heavy (non-hydrogen) atoms. The molecule has 7 heteroatoms. The largest absolute Gasteiger partial charge is 0.502 e. The zero-order valence-electron chi connectivity index (χ0n) is 10.6. The van der Waals surface area contributed by atoms with Crippen molar-refractivity contribution in [1.29, 1.82) is 0 Å². The number of ketones is 1. The number of aromatic nitrogens is 1. The third-order valence-corrected chi connectivity index (χ3v) is 3.43. The molecule has 0 saturated carbocycles. The summed E-state index contributed by atoms with van der Waals surface area (Å²) in [5.74, 6) is -3.67. The van der Waals surface area contributed by atoms with Gasteiger partial charge in [-0.3, -0.25) is 4.79 Å². The second-order valence-electron chi connectivity index (χ2n) is 4.15. The van der Waals surface area contributed by atoms with E-state index in [-0.39, 0.29) is 10.8 Å². The van der Waals surface area contributed by atoms with E-state index >= 15 is 0 Å². The van der Waals surface area contributed by atoms with Gasteiger partial charge in [-0.25, -0.2) is 14.2 Å². The number of thiazole rings is 1. The van der Waals surface area contributed by atoms with Gasteiger partial charge in [0.05, 0.1) is 5.69 Å². The third-order valence-electron chi connectivity index (χ3n) is 2.52. The maximum Gasteiger partial charge on any atom is 0.371 e. The lowest BCUT2D eigenvalue weighted by molar-refractivity contribution is -0.135. The molecule has 2 aromatic rings. The fourth-order valence-corrected chi connectivity index (χ4v) is 2.33. The topological polar surface area (TPSA) is 87.5 Å². The number of aliphatic hydroxyl groups excluding tert-OH is 1. The van der Waals surface area contributed by atoms with E-state index < -0.39 is 17.5 Å². The van der Waals surface area contributed by atoms with Gasteiger partial charge >= 0.3 is 5.97 Å². The molecule has 0 unspecified atom stereocenters. The molecule has 5 nitrogen and oxygen atoms in total. The Hall–Kier alpha value is -2.54. The number of carbonyl (C=O) groups is 2. The highest BCUT2D eigenvalue weighted by molar-refractivity contribution is 7.11. The number of carbonyl (C=O) groups excluding carboxylic acids is 1. The fourth-order valence-electron chi connectivity index (χ4n) is 1.61. The van der Waals surface area contributed by atoms with Crippen LogP contribution in [0.3, 0.4) is 0 Å². The number of halogens is 1. The number of aliphatic hydroxyl groups is 1. The first-order chi connectivity index (χ1) is 9.95. The van der Waals surface area contributed by atoms with Crippen molar-refractivity contribution in [3.63, 3.8) is 0 Å². The summed E-state index contributed by atoms with van der Waals surface area (Å²) >= 11 is 1.03. The third kappa shape index (κ3) is 3.96. The molecule has 0 aliphatic heterocycles. The van der Waals surface area contributed by atoms with E-state index in [1.807, 2.05) is 0 Å². The molecule has 0 spiro atoms. The van der Waals surface area contributed by atoms with Gasteiger partial charge in [-0.1, -0.05) is 12.1 Å². The Labute approximate surface area is 123 Å². The van der Waals surface area contributed by atoms with E-state index in [1.54, 1.807) is 17.5 Å². The van der Waals surface area contributed by atoms with E-state index in [9.17, 15) is 14.0 Å². The Morgan fingerprint density at radius 3 is 2.76 bits per heavy atom. The number of allylic oxidation sites excluding steroid dienone is 1. The Morgan fingerprint density at radius 2 is 2.10 bits per heavy atom. The molecule has 1 aromatic carbocycles. The molecular formula is C14H10FNO4S. The van der Waals surface area contributed by atoms with Crippen LogP contribution in [0.2, 0.25) is 0 Å². The Morgan fingerprint density at radius 1 is 1.33 bits per heavy atom. The van der Waals surface area contributed by atoms with Gasteiger partial charge in [-0.2, -0.15) is 0 Å². The van der Waals surface area contributed by atoms with Crippen molar-refractivity contribution in [2.24, 2.45) is 0 Å². The smallest absolute Gasteiger partial charge is 0.371 e. The monoisotopic (exact) mass is 307 g/mol. The molecule has 0 fully saturated rings. The maximum atomic E-state index is 13.1. The van der Waals surface area contributed by atoms with Gasteiger partial charge in [0.2, 0.25) is 11.5 Å². The molecule has 0 aliphatic rings. The van der Waals surface area contributed by atoms with Gasteiger partial charge in [0.1, 0.15) is 5.82 Å². The summed E-state index contributed by atoms with van der Waals surface area (Å²) in [7, 11) is 0. The first-order valence-corrected chi connectivity index (χ1v) is 6.71. The number of aliphatic carboxylic acids is 1. The van der Waals surface area contributed by atoms with E-state index in [0.717, 1.165) is 11.3 Å². The lowest BCUT2D eigenvalue weighted by Gasteiger charge is -1.97. The van der Waals surface area contributed by atoms with Crippen LogP contribution in [-0.2, 0) is 11.2 Å². The van der Waals surface area contributed by atoms with Crippen molar-refractivity contribution in [1.82, 2.24) is 4.98 Å². The summed E-state index contributed by atoms with van der Waals surface area (Å²) in [4.78, 5) is 26.1. The van der Waals surface area contributed by atoms with Crippen LogP contribution < -0.4 is 0 Å². The zero-order chi connectivity index (χ0) is 15.4. The number of carboxylic acid groups (broad SMARTS) is 1. The lowest BCUT2D eigenvalue weighted by atomic mass is 10.1. The normalized spacial score (nSPS) is 11.4. The van der Waals surface area contributed by atoms with Crippen LogP contribution in [0.15, 0.2) is 41.5 Å². The summed E-state index contributed by atoms with van der Waals surface area (Å²) in [6.45, 7) is 0. The highest BCUT2D eigenvalue weighted by Crippen LogP contribution is 2.16. The molecule has 108 valence electrons. The quantitative estimate of drug-likeness (QED) is 0.503. The number of hydrogen-bond donors (Lipinski definition) is 2. The average molecular weight is 307 g/mol. The predicted octanol–water partition coefficient (Wildman–Crippen LogP) is 2.58. The SMILES string of the molecule is O=C(O)C(O)=CC(=O)c1nc(Cc2cccc(F)c2)cs1. The molecule has 0 radical (unpaired) electrons. The van der Waals surface area contributed by atoms with Gasteiger partial charge in [0.25, 0.3) is 0 Å². The first kappa shape index (κ1) is 14.9. The molecule has 1 heterocycles. The second kappa shape index (κ2) is 6.27. The summed E-state index contributed by atoms with van der Waals surface area (Å²) in [5.41, 5.74) is 1.28. The number of hydrogen-bond acceptors (Lipinski definition) is 5. The number of nitrogens with zero attached hydrogens (tertiary/aromatic N) is 1. The standard InChI is InChI=1S/C14H10FNO4S/c15-9-3-1-2-8(4-9)5-10-7-21-13(16-10)11(17)6-12(18)14(19)20/h1-4,6-7,18H,5H2,(H,19,20). The fraction of sp³-hybridized carbons (Fsp3) is 0.0714. The summed E-state index contributed by atoms with van der Waals surface area (Å²) in [6.07, 6.45) is 0.962. The number of rotatable bonds is 5. The lowest BCUT2D eigenvalue weighted by Crippen LogP contribution is -2.04. The van der Waals surface area contributed by atoms with E-state index in [0.29, 0.717) is 23.8 Å². The minimum absolute atomic E-state index is 0.0641. The van der Waals surface area contributed by atoms with Crippen molar-refractivity contribution in [3.05, 3.63) is 63.6 Å². The number of benzene rings is 1. The molecule has 0 aliphatic carbocycles. The Bertz CT molecular complexity index is 723. The first-order valence-electron chi connectivity index (χ1n) is 5.83. The van der Waals surface area contributed by atoms with Crippen LogP contribution in [0.1, 0.15) is 21.1 Å². The average Bonchev–Trinajstić information content (AvgIpc) is 2.87. The minimum Gasteiger partial charge on any atom is -0.502 e. The van der Waals surface area contributed by atoms with E-state index in [2.05, 4.69) is 4.98 Å². The zero-order valence-corrected chi connectivity index (χ0v) is 11.4. The summed E-state index contributed by atoms with van der Waals surface area (Å²) in [6, 6.07) is 6.02. The van der Waals surface area contributed by atoms with Crippen LogP contribution in [0, 0.1) is 5.82 Å². The van der Waals surface area contributed by atoms with Crippen LogP contribution >= 0.6 is 11.3 Å². The summed E-state index contributed by atoms with van der Waals surface area (Å²) in [5, 5.41) is 19.2. The van der Waals surface area contributed by atoms with Gasteiger partial charge in [-0.05, 0) is 17.7 Å². The molecule has 2 N–H and O–H groups in total. The van der Waals surface area contributed by atoms with Gasteiger partial charge in [-0.15, -0.1) is 11.3 Å². The van der Waals surface area contributed by atoms with Crippen molar-refractivity contribution >= 4 is 23.1 Å². The van der Waals surface area contributed by atoms with Crippen molar-refractivity contribution in [3.8, 4) is 0 Å². The molecule has 0 saturated heterocycles. The van der Waals surface area contributed by atoms with Crippen LogP contribution in [-0.4, -0.2) is 26.9 Å². The second-order valence-corrected chi connectivity index (χ2v) is 5.01. The van der Waals surface area contributed by atoms with E-state index in [1.165, 1.54) is 12.1 Å². The molecular weight excluding hydrogens is 297 g/mol. The highest BCUT2D eigenvalue weighted by Gasteiger charge is 2.13. The molecule has 2 rings (SSSR count). The Kier molecular flexibility index (Phi) is 4.44. The Balaban J connectivity index is 2.13. The van der Waals surface area contributed by atoms with Crippen molar-refractivity contribution in [2.75, 3.05) is 0 Å². The minimum atomic E-state index is -1.58. The van der Waals surface area contributed by atoms with E-state index in [4.69, 9.17) is 10.2 Å². The van der Waals surface area contributed by atoms with Crippen LogP contribution in [0.25, 0.3) is 0 Å². The van der Waals surface area contributed by atoms with Crippen LogP contribution in [0.5, 0.6) is 0 Å². The van der Waals surface area contributed by atoms with Gasteiger partial charge in [0.15, 0.2) is 5.01 Å². The van der Waals surface area contributed by atoms with Gasteiger partial charge in [0, 0.05) is 17.9 Å². The molecule has 0 amide bonds. The van der Waals surface area contributed by atoms with Gasteiger partial charge < -0.3 is 10.2 Å². The molecule has 1 aromatic heterocycles. The van der Waals surface area contributed by atoms with Crippen molar-refractivity contribution < 1.29 is 24.2 Å².